The molecule has 0 saturated carbocycles. The summed E-state index contributed by atoms with van der Waals surface area (Å²) < 4.78 is 40.1. The third kappa shape index (κ3) is 5.54. The summed E-state index contributed by atoms with van der Waals surface area (Å²) in [5.74, 6) is -0.848. The first kappa shape index (κ1) is 22.9. The first-order valence-corrected chi connectivity index (χ1v) is 10.8. The number of alkyl halides is 3. The average molecular weight is 472 g/mol. The second-order valence-electron chi connectivity index (χ2n) is 7.73. The molecule has 0 aliphatic heterocycles. The molecule has 0 saturated heterocycles. The first-order valence-electron chi connectivity index (χ1n) is 10.4. The van der Waals surface area contributed by atoms with E-state index in [0.29, 0.717) is 29.1 Å². The SMILES string of the molecule is O=C(C[C@H](c1cccc(C(F)(F)F)c1)c1c[nH]c2ccc(Cl)cc12)NCCc1ccccn1. The van der Waals surface area contributed by atoms with Crippen molar-refractivity contribution in [3.63, 3.8) is 0 Å². The molecule has 2 heterocycles. The van der Waals surface area contributed by atoms with Crippen LogP contribution in [0.5, 0.6) is 0 Å². The summed E-state index contributed by atoms with van der Waals surface area (Å²) in [5.41, 5.74) is 2.01. The molecule has 4 aromatic rings. The van der Waals surface area contributed by atoms with E-state index >= 15 is 0 Å². The molecule has 1 amide bonds. The molecule has 0 radical (unpaired) electrons. The van der Waals surface area contributed by atoms with Gasteiger partial charge in [-0.3, -0.25) is 9.78 Å². The monoisotopic (exact) mass is 471 g/mol. The number of amides is 1. The van der Waals surface area contributed by atoms with E-state index in [1.165, 1.54) is 6.07 Å². The number of rotatable bonds is 7. The third-order valence-electron chi connectivity index (χ3n) is 5.49. The summed E-state index contributed by atoms with van der Waals surface area (Å²) in [5, 5.41) is 4.14. The summed E-state index contributed by atoms with van der Waals surface area (Å²) in [6, 6.07) is 16.0. The molecule has 0 aliphatic carbocycles. The van der Waals surface area contributed by atoms with Crippen molar-refractivity contribution in [2.45, 2.75) is 24.9 Å². The van der Waals surface area contributed by atoms with Gasteiger partial charge in [-0.15, -0.1) is 0 Å². The van der Waals surface area contributed by atoms with Crippen molar-refractivity contribution in [3.8, 4) is 0 Å². The Labute approximate surface area is 193 Å². The molecule has 1 atom stereocenters. The molecule has 2 N–H and O–H groups in total. The fraction of sp³-hybridized carbons (Fsp3) is 0.200. The van der Waals surface area contributed by atoms with Gasteiger partial charge in [-0.1, -0.05) is 35.9 Å². The Bertz CT molecular complexity index is 1250. The van der Waals surface area contributed by atoms with Crippen molar-refractivity contribution in [2.75, 3.05) is 6.54 Å². The first-order chi connectivity index (χ1) is 15.8. The molecule has 0 aliphatic rings. The van der Waals surface area contributed by atoms with Crippen LogP contribution in [-0.2, 0) is 17.4 Å². The van der Waals surface area contributed by atoms with E-state index in [9.17, 15) is 18.0 Å². The molecule has 0 bridgehead atoms. The lowest BCUT2D eigenvalue weighted by Crippen LogP contribution is -2.27. The zero-order valence-corrected chi connectivity index (χ0v) is 18.3. The van der Waals surface area contributed by atoms with Gasteiger partial charge < -0.3 is 10.3 Å². The number of halogens is 4. The predicted octanol–water partition coefficient (Wildman–Crippen LogP) is 6.12. The number of nitrogens with one attached hydrogen (secondary N) is 2. The van der Waals surface area contributed by atoms with Crippen LogP contribution in [0.15, 0.2) is 73.1 Å². The van der Waals surface area contributed by atoms with Crippen LogP contribution in [0.4, 0.5) is 13.2 Å². The fourth-order valence-corrected chi connectivity index (χ4v) is 4.05. The Kier molecular flexibility index (Phi) is 6.70. The maximum absolute atomic E-state index is 13.4. The van der Waals surface area contributed by atoms with Crippen molar-refractivity contribution in [3.05, 3.63) is 100 Å². The minimum Gasteiger partial charge on any atom is -0.361 e. The highest BCUT2D eigenvalue weighted by molar-refractivity contribution is 6.31. The molecule has 0 fully saturated rings. The van der Waals surface area contributed by atoms with Crippen LogP contribution in [0.1, 0.15) is 34.7 Å². The van der Waals surface area contributed by atoms with E-state index in [1.54, 1.807) is 36.7 Å². The normalized spacial score (nSPS) is 12.6. The van der Waals surface area contributed by atoms with Gasteiger partial charge in [0.1, 0.15) is 0 Å². The smallest absolute Gasteiger partial charge is 0.361 e. The molecule has 170 valence electrons. The van der Waals surface area contributed by atoms with Crippen molar-refractivity contribution >= 4 is 28.4 Å². The summed E-state index contributed by atoms with van der Waals surface area (Å²) in [6.07, 6.45) is -0.516. The van der Waals surface area contributed by atoms with Crippen LogP contribution in [-0.4, -0.2) is 22.4 Å². The highest BCUT2D eigenvalue weighted by atomic mass is 35.5. The van der Waals surface area contributed by atoms with Crippen molar-refractivity contribution in [1.82, 2.24) is 15.3 Å². The van der Waals surface area contributed by atoms with Crippen LogP contribution in [0.25, 0.3) is 10.9 Å². The van der Waals surface area contributed by atoms with Crippen molar-refractivity contribution < 1.29 is 18.0 Å². The van der Waals surface area contributed by atoms with Crippen LogP contribution < -0.4 is 5.32 Å². The topological polar surface area (TPSA) is 57.8 Å². The average Bonchev–Trinajstić information content (AvgIpc) is 3.20. The van der Waals surface area contributed by atoms with E-state index in [2.05, 4.69) is 15.3 Å². The molecular weight excluding hydrogens is 451 g/mol. The zero-order valence-electron chi connectivity index (χ0n) is 17.5. The Morgan fingerprint density at radius 1 is 1.09 bits per heavy atom. The Morgan fingerprint density at radius 2 is 1.94 bits per heavy atom. The van der Waals surface area contributed by atoms with Crippen LogP contribution in [0.2, 0.25) is 5.02 Å². The molecule has 2 aromatic carbocycles. The summed E-state index contributed by atoms with van der Waals surface area (Å²) in [6.45, 7) is 0.380. The molecule has 0 unspecified atom stereocenters. The minimum absolute atomic E-state index is 0.0109. The Balaban J connectivity index is 1.61. The lowest BCUT2D eigenvalue weighted by molar-refractivity contribution is -0.137. The Hall–Kier alpha value is -3.32. The van der Waals surface area contributed by atoms with E-state index in [1.807, 2.05) is 18.2 Å². The predicted molar refractivity (Wildman–Crippen MR) is 122 cm³/mol. The summed E-state index contributed by atoms with van der Waals surface area (Å²) in [4.78, 5) is 20.2. The largest absolute Gasteiger partial charge is 0.416 e. The lowest BCUT2D eigenvalue weighted by atomic mass is 9.87. The van der Waals surface area contributed by atoms with E-state index < -0.39 is 17.7 Å². The van der Waals surface area contributed by atoms with Crippen LogP contribution in [0, 0.1) is 0 Å². The lowest BCUT2D eigenvalue weighted by Gasteiger charge is -2.19. The molecule has 0 spiro atoms. The van der Waals surface area contributed by atoms with Gasteiger partial charge >= 0.3 is 6.18 Å². The van der Waals surface area contributed by atoms with Gasteiger partial charge in [0.25, 0.3) is 0 Å². The number of benzene rings is 2. The number of carbonyl (C=O) groups is 1. The highest BCUT2D eigenvalue weighted by Crippen LogP contribution is 2.37. The molecule has 33 heavy (non-hydrogen) atoms. The molecule has 8 heteroatoms. The number of hydrogen-bond donors (Lipinski definition) is 2. The van der Waals surface area contributed by atoms with Crippen LogP contribution >= 0.6 is 11.6 Å². The number of fused-ring (bicyclic) bond motifs is 1. The van der Waals surface area contributed by atoms with Gasteiger partial charge in [0.2, 0.25) is 5.91 Å². The Morgan fingerprint density at radius 3 is 2.70 bits per heavy atom. The fourth-order valence-electron chi connectivity index (χ4n) is 3.88. The number of carbonyl (C=O) groups excluding carboxylic acids is 1. The number of nitrogens with zero attached hydrogens (tertiary/aromatic N) is 1. The number of hydrogen-bond acceptors (Lipinski definition) is 2. The second-order valence-corrected chi connectivity index (χ2v) is 8.17. The van der Waals surface area contributed by atoms with E-state index in [-0.39, 0.29) is 12.3 Å². The third-order valence-corrected chi connectivity index (χ3v) is 5.72. The van der Waals surface area contributed by atoms with Gasteiger partial charge in [-0.25, -0.2) is 0 Å². The maximum atomic E-state index is 13.4. The molecular formula is C25H21ClF3N3O. The van der Waals surface area contributed by atoms with Crippen molar-refractivity contribution in [2.24, 2.45) is 0 Å². The summed E-state index contributed by atoms with van der Waals surface area (Å²) >= 11 is 6.17. The van der Waals surface area contributed by atoms with Gasteiger partial charge in [0.15, 0.2) is 0 Å². The number of aromatic nitrogens is 2. The quantitative estimate of drug-likeness (QED) is 0.341. The van der Waals surface area contributed by atoms with E-state index in [4.69, 9.17) is 11.6 Å². The number of aromatic amines is 1. The van der Waals surface area contributed by atoms with Crippen LogP contribution in [0.3, 0.4) is 0 Å². The molecule has 4 rings (SSSR count). The second kappa shape index (κ2) is 9.67. The van der Waals surface area contributed by atoms with Gasteiger partial charge in [0.05, 0.1) is 5.56 Å². The molecule has 2 aromatic heterocycles. The van der Waals surface area contributed by atoms with Crippen molar-refractivity contribution in [1.29, 1.82) is 0 Å². The minimum atomic E-state index is -4.48. The highest BCUT2D eigenvalue weighted by Gasteiger charge is 2.31. The zero-order chi connectivity index (χ0) is 23.4. The van der Waals surface area contributed by atoms with E-state index in [0.717, 1.165) is 28.7 Å². The van der Waals surface area contributed by atoms with Gasteiger partial charge in [0, 0.05) is 59.3 Å². The standard InChI is InChI=1S/C25H21ClF3N3O/c26-18-7-8-23-21(13-18)22(15-32-23)20(16-4-3-5-17(12-16)25(27,28)29)14-24(33)31-11-9-19-6-1-2-10-30-19/h1-8,10,12-13,15,20,32H,9,11,14H2,(H,31,33)/t20-/m1/s1. The van der Waals surface area contributed by atoms with Gasteiger partial charge in [-0.05, 0) is 47.5 Å². The van der Waals surface area contributed by atoms with Gasteiger partial charge in [-0.2, -0.15) is 13.2 Å². The number of pyridine rings is 1. The summed E-state index contributed by atoms with van der Waals surface area (Å²) in [7, 11) is 0. The molecule has 4 nitrogen and oxygen atoms in total. The number of H-pyrrole nitrogens is 1. The maximum Gasteiger partial charge on any atom is 0.416 e.